The molecule has 8 heteroatoms. The highest BCUT2D eigenvalue weighted by Gasteiger charge is 2.20. The number of carboxylic acid groups (broad SMARTS) is 1. The molecule has 0 atom stereocenters. The van der Waals surface area contributed by atoms with Gasteiger partial charge >= 0.3 is 5.97 Å². The second-order valence-electron chi connectivity index (χ2n) is 6.37. The average molecular weight is 384 g/mol. The van der Waals surface area contributed by atoms with Gasteiger partial charge in [-0.25, -0.2) is 4.79 Å². The van der Waals surface area contributed by atoms with Gasteiger partial charge in [0.05, 0.1) is 31.9 Å². The molecule has 3 rings (SSSR count). The van der Waals surface area contributed by atoms with Crippen molar-refractivity contribution < 1.29 is 28.7 Å². The number of rotatable bonds is 6. The Morgan fingerprint density at radius 2 is 1.79 bits per heavy atom. The maximum Gasteiger partial charge on any atom is 0.337 e. The Kier molecular flexibility index (Phi) is 5.21. The van der Waals surface area contributed by atoms with Gasteiger partial charge in [0, 0.05) is 17.5 Å². The van der Waals surface area contributed by atoms with Gasteiger partial charge in [0.15, 0.2) is 17.1 Å². The standard InChI is InChI=1S/C20H20N2O6/c1-10-5-11(2)19-12(6-10)15(22-28-19)9-18(23)21-14-8-17(27-4)16(26-3)7-13(14)20(24)25/h5-8H,9H2,1-4H3,(H,21,23)(H,24,25). The van der Waals surface area contributed by atoms with E-state index in [2.05, 4.69) is 10.5 Å². The van der Waals surface area contributed by atoms with Gasteiger partial charge in [-0.05, 0) is 31.0 Å². The monoisotopic (exact) mass is 384 g/mol. The van der Waals surface area contributed by atoms with Crippen LogP contribution < -0.4 is 14.8 Å². The number of ether oxygens (including phenoxy) is 2. The van der Waals surface area contributed by atoms with E-state index in [-0.39, 0.29) is 23.4 Å². The summed E-state index contributed by atoms with van der Waals surface area (Å²) in [5.74, 6) is -1.06. The van der Waals surface area contributed by atoms with Gasteiger partial charge in [-0.15, -0.1) is 0 Å². The topological polar surface area (TPSA) is 111 Å². The van der Waals surface area contributed by atoms with E-state index in [0.717, 1.165) is 16.5 Å². The number of nitrogens with zero attached hydrogens (tertiary/aromatic N) is 1. The third kappa shape index (κ3) is 3.62. The molecule has 0 aliphatic rings. The first-order valence-corrected chi connectivity index (χ1v) is 8.48. The van der Waals surface area contributed by atoms with E-state index in [9.17, 15) is 14.7 Å². The lowest BCUT2D eigenvalue weighted by Crippen LogP contribution is -2.17. The lowest BCUT2D eigenvalue weighted by Gasteiger charge is -2.13. The number of aromatic carboxylic acids is 1. The Balaban J connectivity index is 1.90. The number of aromatic nitrogens is 1. The molecular weight excluding hydrogens is 364 g/mol. The zero-order valence-corrected chi connectivity index (χ0v) is 16.0. The van der Waals surface area contributed by atoms with Crippen molar-refractivity contribution >= 4 is 28.5 Å². The van der Waals surface area contributed by atoms with Gasteiger partial charge in [-0.2, -0.15) is 0 Å². The molecule has 1 amide bonds. The summed E-state index contributed by atoms with van der Waals surface area (Å²) in [6, 6.07) is 6.59. The number of anilines is 1. The van der Waals surface area contributed by atoms with Crippen LogP contribution in [-0.4, -0.2) is 36.4 Å². The highest BCUT2D eigenvalue weighted by atomic mass is 16.5. The van der Waals surface area contributed by atoms with Crippen LogP contribution in [0, 0.1) is 13.8 Å². The summed E-state index contributed by atoms with van der Waals surface area (Å²) < 4.78 is 15.7. The first-order chi connectivity index (χ1) is 13.3. The third-order valence-corrected chi connectivity index (χ3v) is 4.33. The van der Waals surface area contributed by atoms with E-state index in [1.807, 2.05) is 26.0 Å². The number of carbonyl (C=O) groups is 2. The molecule has 1 heterocycles. The van der Waals surface area contributed by atoms with Gasteiger partial charge in [-0.3, -0.25) is 4.79 Å². The van der Waals surface area contributed by atoms with Gasteiger partial charge < -0.3 is 24.4 Å². The number of methoxy groups -OCH3 is 2. The largest absolute Gasteiger partial charge is 0.493 e. The fourth-order valence-electron chi connectivity index (χ4n) is 3.07. The first kappa shape index (κ1) is 19.2. The van der Waals surface area contributed by atoms with Crippen molar-refractivity contribution in [3.63, 3.8) is 0 Å². The summed E-state index contributed by atoms with van der Waals surface area (Å²) in [7, 11) is 2.83. The van der Waals surface area contributed by atoms with E-state index >= 15 is 0 Å². The molecule has 0 spiro atoms. The minimum Gasteiger partial charge on any atom is -0.493 e. The van der Waals surface area contributed by atoms with Crippen molar-refractivity contribution in [3.05, 3.63) is 46.6 Å². The van der Waals surface area contributed by atoms with Crippen LogP contribution in [-0.2, 0) is 11.2 Å². The van der Waals surface area contributed by atoms with Crippen LogP contribution in [0.4, 0.5) is 5.69 Å². The van der Waals surface area contributed by atoms with Crippen LogP contribution in [0.3, 0.4) is 0 Å². The van der Waals surface area contributed by atoms with E-state index < -0.39 is 11.9 Å². The van der Waals surface area contributed by atoms with E-state index in [1.54, 1.807) is 0 Å². The minimum atomic E-state index is -1.20. The highest BCUT2D eigenvalue weighted by Crippen LogP contribution is 2.33. The summed E-state index contributed by atoms with van der Waals surface area (Å²) in [6.45, 7) is 3.86. The van der Waals surface area contributed by atoms with E-state index in [4.69, 9.17) is 14.0 Å². The molecule has 0 saturated heterocycles. The summed E-state index contributed by atoms with van der Waals surface area (Å²) in [4.78, 5) is 24.1. The van der Waals surface area contributed by atoms with E-state index in [1.165, 1.54) is 26.4 Å². The molecule has 0 unspecified atom stereocenters. The van der Waals surface area contributed by atoms with E-state index in [0.29, 0.717) is 17.0 Å². The Morgan fingerprint density at radius 1 is 1.11 bits per heavy atom. The number of hydrogen-bond acceptors (Lipinski definition) is 6. The number of amides is 1. The number of aryl methyl sites for hydroxylation is 2. The van der Waals surface area contributed by atoms with Crippen LogP contribution in [0.5, 0.6) is 11.5 Å². The van der Waals surface area contributed by atoms with Crippen molar-refractivity contribution in [1.29, 1.82) is 0 Å². The van der Waals surface area contributed by atoms with Gasteiger partial charge in [-0.1, -0.05) is 11.2 Å². The molecule has 2 aromatic carbocycles. The van der Waals surface area contributed by atoms with Gasteiger partial charge in [0.2, 0.25) is 5.91 Å². The lowest BCUT2D eigenvalue weighted by molar-refractivity contribution is -0.115. The smallest absolute Gasteiger partial charge is 0.337 e. The molecule has 146 valence electrons. The predicted octanol–water partition coefficient (Wildman–Crippen LogP) is 3.34. The minimum absolute atomic E-state index is 0.0662. The number of fused-ring (bicyclic) bond motifs is 1. The van der Waals surface area contributed by atoms with Crippen LogP contribution >= 0.6 is 0 Å². The van der Waals surface area contributed by atoms with Crippen LogP contribution in [0.25, 0.3) is 11.0 Å². The zero-order valence-electron chi connectivity index (χ0n) is 16.0. The number of benzene rings is 2. The number of nitrogens with one attached hydrogen (secondary N) is 1. The average Bonchev–Trinajstić information content (AvgIpc) is 3.03. The second kappa shape index (κ2) is 7.59. The number of hydrogen-bond donors (Lipinski definition) is 2. The van der Waals surface area contributed by atoms with Crippen molar-refractivity contribution in [2.45, 2.75) is 20.3 Å². The Morgan fingerprint density at radius 3 is 2.43 bits per heavy atom. The normalized spacial score (nSPS) is 10.7. The Bertz CT molecular complexity index is 1070. The number of carboxylic acids is 1. The van der Waals surface area contributed by atoms with Crippen molar-refractivity contribution in [1.82, 2.24) is 5.16 Å². The van der Waals surface area contributed by atoms with Gasteiger partial charge in [0.25, 0.3) is 0 Å². The summed E-state index contributed by atoms with van der Waals surface area (Å²) in [6.07, 6.45) is -0.0662. The molecule has 2 N–H and O–H groups in total. The maximum atomic E-state index is 12.6. The molecule has 0 aliphatic carbocycles. The zero-order chi connectivity index (χ0) is 20.4. The molecule has 0 fully saturated rings. The molecule has 1 aromatic heterocycles. The van der Waals surface area contributed by atoms with Crippen molar-refractivity contribution in [3.8, 4) is 11.5 Å². The molecule has 0 radical (unpaired) electrons. The molecular formula is C20H20N2O6. The number of carbonyl (C=O) groups excluding carboxylic acids is 1. The third-order valence-electron chi connectivity index (χ3n) is 4.33. The highest BCUT2D eigenvalue weighted by molar-refractivity contribution is 6.02. The second-order valence-corrected chi connectivity index (χ2v) is 6.37. The summed E-state index contributed by atoms with van der Waals surface area (Å²) >= 11 is 0. The lowest BCUT2D eigenvalue weighted by atomic mass is 10.1. The van der Waals surface area contributed by atoms with Crippen LogP contribution in [0.1, 0.15) is 27.2 Å². The van der Waals surface area contributed by atoms with Gasteiger partial charge in [0.1, 0.15) is 5.69 Å². The molecule has 28 heavy (non-hydrogen) atoms. The summed E-state index contributed by atoms with van der Waals surface area (Å²) in [5, 5.41) is 16.8. The predicted molar refractivity (Wildman–Crippen MR) is 102 cm³/mol. The molecule has 0 bridgehead atoms. The maximum absolute atomic E-state index is 12.6. The van der Waals surface area contributed by atoms with Crippen molar-refractivity contribution in [2.75, 3.05) is 19.5 Å². The van der Waals surface area contributed by atoms with Crippen LogP contribution in [0.2, 0.25) is 0 Å². The first-order valence-electron chi connectivity index (χ1n) is 8.48. The van der Waals surface area contributed by atoms with Crippen LogP contribution in [0.15, 0.2) is 28.8 Å². The molecule has 8 nitrogen and oxygen atoms in total. The fourth-order valence-corrected chi connectivity index (χ4v) is 3.07. The molecule has 0 aliphatic heterocycles. The quantitative estimate of drug-likeness (QED) is 0.670. The summed E-state index contributed by atoms with van der Waals surface area (Å²) in [5.41, 5.74) is 3.07. The fraction of sp³-hybridized carbons (Fsp3) is 0.250. The Hall–Kier alpha value is -3.55. The molecule has 3 aromatic rings. The molecule has 0 saturated carbocycles. The SMILES string of the molecule is COc1cc(NC(=O)Cc2noc3c(C)cc(C)cc23)c(C(=O)O)cc1OC. The Labute approximate surface area is 161 Å². The van der Waals surface area contributed by atoms with Crippen molar-refractivity contribution in [2.24, 2.45) is 0 Å².